The molecule has 0 nitrogen and oxygen atoms in total. The zero-order chi connectivity index (χ0) is 36.9. The average molecular weight is 693 g/mol. The molecule has 0 aliphatic rings. The third-order valence-electron chi connectivity index (χ3n) is 11.3. The van der Waals surface area contributed by atoms with Gasteiger partial charge < -0.3 is 0 Å². The van der Waals surface area contributed by atoms with Crippen LogP contribution in [0.4, 0.5) is 0 Å². The molecule has 0 unspecified atom stereocenters. The number of rotatable bonds is 6. The van der Waals surface area contributed by atoms with Gasteiger partial charge in [0.1, 0.15) is 0 Å². The molecule has 0 atom stereocenters. The SMILES string of the molecule is CC/C=C(\C=C(/C)c1c(C)cc(C)cc1C)c1c2ccccc2c(-c2c3ccccc3c(-c3ccc4ccccc4c3)c3ccccc23)c2ccccc12. The van der Waals surface area contributed by atoms with E-state index >= 15 is 0 Å². The van der Waals surface area contributed by atoms with Crippen molar-refractivity contribution in [3.05, 3.63) is 192 Å². The Morgan fingerprint density at radius 3 is 1.37 bits per heavy atom. The van der Waals surface area contributed by atoms with Crippen LogP contribution in [0, 0.1) is 20.8 Å². The molecular formula is C54H44. The topological polar surface area (TPSA) is 0 Å². The van der Waals surface area contributed by atoms with Gasteiger partial charge in [-0.2, -0.15) is 0 Å². The molecule has 0 heteroatoms. The summed E-state index contributed by atoms with van der Waals surface area (Å²) >= 11 is 0. The second-order valence-corrected chi connectivity index (χ2v) is 14.9. The normalized spacial score (nSPS) is 12.5. The van der Waals surface area contributed by atoms with E-state index in [1.165, 1.54) is 115 Å². The van der Waals surface area contributed by atoms with Gasteiger partial charge in [-0.15, -0.1) is 0 Å². The lowest BCUT2D eigenvalue weighted by Gasteiger charge is -2.23. The highest BCUT2D eigenvalue weighted by atomic mass is 14.3. The number of aryl methyl sites for hydroxylation is 3. The van der Waals surface area contributed by atoms with Crippen LogP contribution in [0.3, 0.4) is 0 Å². The van der Waals surface area contributed by atoms with E-state index in [1.54, 1.807) is 0 Å². The predicted molar refractivity (Wildman–Crippen MR) is 237 cm³/mol. The summed E-state index contributed by atoms with van der Waals surface area (Å²) in [6.07, 6.45) is 5.80. The first-order valence-corrected chi connectivity index (χ1v) is 19.3. The molecule has 0 radical (unpaired) electrons. The molecule has 0 saturated heterocycles. The van der Waals surface area contributed by atoms with Crippen LogP contribution >= 0.6 is 0 Å². The maximum Gasteiger partial charge on any atom is -0.00139 e. The molecular weight excluding hydrogens is 649 g/mol. The summed E-state index contributed by atoms with van der Waals surface area (Å²) < 4.78 is 0. The third-order valence-corrected chi connectivity index (χ3v) is 11.3. The summed E-state index contributed by atoms with van der Waals surface area (Å²) in [4.78, 5) is 0. The van der Waals surface area contributed by atoms with Gasteiger partial charge in [-0.05, 0) is 150 Å². The second kappa shape index (κ2) is 13.6. The van der Waals surface area contributed by atoms with E-state index in [-0.39, 0.29) is 0 Å². The maximum absolute atomic E-state index is 2.44. The Morgan fingerprint density at radius 2 is 0.870 bits per heavy atom. The van der Waals surface area contributed by atoms with Gasteiger partial charge in [0.15, 0.2) is 0 Å². The summed E-state index contributed by atoms with van der Waals surface area (Å²) in [7, 11) is 0. The minimum atomic E-state index is 0.945. The van der Waals surface area contributed by atoms with Crippen molar-refractivity contribution < 1.29 is 0 Å². The first-order valence-electron chi connectivity index (χ1n) is 19.3. The molecule has 9 aromatic carbocycles. The molecule has 54 heavy (non-hydrogen) atoms. The van der Waals surface area contributed by atoms with E-state index in [0.29, 0.717) is 0 Å². The maximum atomic E-state index is 2.44. The monoisotopic (exact) mass is 692 g/mol. The molecule has 0 bridgehead atoms. The van der Waals surface area contributed by atoms with Crippen molar-refractivity contribution in [2.24, 2.45) is 0 Å². The summed E-state index contributed by atoms with van der Waals surface area (Å²) in [5.41, 5.74) is 14.3. The van der Waals surface area contributed by atoms with Gasteiger partial charge in [-0.25, -0.2) is 0 Å². The minimum Gasteiger partial charge on any atom is -0.0769 e. The lowest BCUT2D eigenvalue weighted by atomic mass is 9.80. The van der Waals surface area contributed by atoms with Gasteiger partial charge in [0.05, 0.1) is 0 Å². The van der Waals surface area contributed by atoms with Crippen molar-refractivity contribution in [2.45, 2.75) is 41.0 Å². The molecule has 0 heterocycles. The minimum absolute atomic E-state index is 0.945. The molecule has 0 spiro atoms. The van der Waals surface area contributed by atoms with Crippen LogP contribution in [-0.4, -0.2) is 0 Å². The molecule has 0 amide bonds. The molecule has 9 rings (SSSR count). The molecule has 0 N–H and O–H groups in total. The predicted octanol–water partition coefficient (Wildman–Crippen LogP) is 15.6. The van der Waals surface area contributed by atoms with Gasteiger partial charge in [-0.3, -0.25) is 0 Å². The summed E-state index contributed by atoms with van der Waals surface area (Å²) in [5, 5.41) is 12.7. The third kappa shape index (κ3) is 5.53. The number of hydrogen-bond donors (Lipinski definition) is 0. The Kier molecular flexibility index (Phi) is 8.48. The summed E-state index contributed by atoms with van der Waals surface area (Å²) in [5.74, 6) is 0. The van der Waals surface area contributed by atoms with Crippen LogP contribution in [0.5, 0.6) is 0 Å². The van der Waals surface area contributed by atoms with E-state index in [1.807, 2.05) is 0 Å². The Hall–Kier alpha value is -6.24. The number of benzene rings is 9. The van der Waals surface area contributed by atoms with E-state index in [4.69, 9.17) is 0 Å². The highest BCUT2D eigenvalue weighted by Gasteiger charge is 2.23. The van der Waals surface area contributed by atoms with Crippen LogP contribution in [0.2, 0.25) is 0 Å². The Labute approximate surface area is 318 Å². The average Bonchev–Trinajstić information content (AvgIpc) is 3.18. The lowest BCUT2D eigenvalue weighted by Crippen LogP contribution is -1.97. The smallest absolute Gasteiger partial charge is 0.00139 e. The molecule has 0 aromatic heterocycles. The first kappa shape index (κ1) is 33.6. The summed E-state index contributed by atoms with van der Waals surface area (Å²) in [6.45, 7) is 11.2. The van der Waals surface area contributed by atoms with Crippen molar-refractivity contribution in [3.63, 3.8) is 0 Å². The Bertz CT molecular complexity index is 2870. The van der Waals surface area contributed by atoms with Gasteiger partial charge in [0, 0.05) is 0 Å². The standard InChI is InChI=1S/C54H44/c1-6-17-40(32-37(5)50-35(3)30-34(2)31-36(50)4)51-42-20-9-13-24-46(42)53(47-25-14-10-21-43(47)51)54-48-26-15-11-22-44(48)52(45-23-12-16-27-49(45)54)41-29-28-38-18-7-8-19-39(38)33-41/h7-33H,6H2,1-5H3/b37-32+,40-17+. The summed E-state index contributed by atoms with van der Waals surface area (Å²) in [6, 6.07) is 56.5. The van der Waals surface area contributed by atoms with Crippen LogP contribution in [-0.2, 0) is 0 Å². The van der Waals surface area contributed by atoms with E-state index in [2.05, 4.69) is 198 Å². The van der Waals surface area contributed by atoms with Crippen molar-refractivity contribution in [2.75, 3.05) is 0 Å². The van der Waals surface area contributed by atoms with Crippen LogP contribution < -0.4 is 0 Å². The van der Waals surface area contributed by atoms with Crippen molar-refractivity contribution >= 4 is 65.0 Å². The highest BCUT2D eigenvalue weighted by molar-refractivity contribution is 6.29. The molecule has 0 saturated carbocycles. The van der Waals surface area contributed by atoms with Gasteiger partial charge in [0.2, 0.25) is 0 Å². The molecule has 9 aromatic rings. The molecule has 0 aliphatic carbocycles. The first-order chi connectivity index (χ1) is 26.4. The Morgan fingerprint density at radius 1 is 0.444 bits per heavy atom. The van der Waals surface area contributed by atoms with E-state index in [0.717, 1.165) is 6.42 Å². The quantitative estimate of drug-likeness (QED) is 0.120. The van der Waals surface area contributed by atoms with E-state index < -0.39 is 0 Å². The number of allylic oxidation sites excluding steroid dienone is 4. The van der Waals surface area contributed by atoms with Gasteiger partial charge in [-0.1, -0.05) is 170 Å². The van der Waals surface area contributed by atoms with Crippen molar-refractivity contribution in [1.29, 1.82) is 0 Å². The fourth-order valence-electron chi connectivity index (χ4n) is 9.32. The van der Waals surface area contributed by atoms with Gasteiger partial charge in [0.25, 0.3) is 0 Å². The number of hydrogen-bond acceptors (Lipinski definition) is 0. The molecule has 260 valence electrons. The lowest BCUT2D eigenvalue weighted by molar-refractivity contribution is 1.23. The molecule has 0 fully saturated rings. The van der Waals surface area contributed by atoms with Gasteiger partial charge >= 0.3 is 0 Å². The molecule has 0 aliphatic heterocycles. The van der Waals surface area contributed by atoms with Crippen LogP contribution in [0.25, 0.3) is 87.3 Å². The number of fused-ring (bicyclic) bond motifs is 5. The van der Waals surface area contributed by atoms with Crippen LogP contribution in [0.15, 0.2) is 164 Å². The zero-order valence-corrected chi connectivity index (χ0v) is 31.8. The van der Waals surface area contributed by atoms with Crippen molar-refractivity contribution in [3.8, 4) is 22.3 Å². The largest absolute Gasteiger partial charge is 0.0769 e. The van der Waals surface area contributed by atoms with Crippen LogP contribution in [0.1, 0.15) is 48.1 Å². The Balaban J connectivity index is 1.38. The van der Waals surface area contributed by atoms with Crippen molar-refractivity contribution in [1.82, 2.24) is 0 Å². The highest BCUT2D eigenvalue weighted by Crippen LogP contribution is 2.49. The fraction of sp³-hybridized carbons (Fsp3) is 0.111. The fourth-order valence-corrected chi connectivity index (χ4v) is 9.32. The zero-order valence-electron chi connectivity index (χ0n) is 31.8. The second-order valence-electron chi connectivity index (χ2n) is 14.9. The van der Waals surface area contributed by atoms with E-state index in [9.17, 15) is 0 Å².